The van der Waals surface area contributed by atoms with Crippen LogP contribution in [0.25, 0.3) is 16.6 Å². The summed E-state index contributed by atoms with van der Waals surface area (Å²) in [7, 11) is 1.96. The van der Waals surface area contributed by atoms with E-state index >= 15 is 0 Å². The standard InChI is InChI=1S/C21H24N6O/c1-14-10-16(12-19-18(14)13-22-26(19)2)23-21-24-20-5-3-4-17(27(20)25-21)11-15-6-8-28-9-7-15/h3-5,10,12-13,15H,6-9,11H2,1-2H3,(H,23,25). The van der Waals surface area contributed by atoms with Crippen molar-refractivity contribution in [1.29, 1.82) is 0 Å². The fourth-order valence-corrected chi connectivity index (χ4v) is 4.04. The first kappa shape index (κ1) is 17.2. The Morgan fingerprint density at radius 1 is 1.21 bits per heavy atom. The molecule has 1 aliphatic heterocycles. The van der Waals surface area contributed by atoms with Gasteiger partial charge in [-0.1, -0.05) is 6.07 Å². The van der Waals surface area contributed by atoms with Crippen LogP contribution in [0.1, 0.15) is 24.1 Å². The van der Waals surface area contributed by atoms with E-state index in [2.05, 4.69) is 46.6 Å². The first-order valence-electron chi connectivity index (χ1n) is 9.79. The molecule has 5 rings (SSSR count). The number of fused-ring (bicyclic) bond motifs is 2. The van der Waals surface area contributed by atoms with Gasteiger partial charge in [-0.15, -0.1) is 5.10 Å². The normalized spacial score (nSPS) is 15.5. The van der Waals surface area contributed by atoms with Gasteiger partial charge in [0.2, 0.25) is 5.95 Å². The molecule has 7 heteroatoms. The minimum absolute atomic E-state index is 0.611. The van der Waals surface area contributed by atoms with Crippen LogP contribution in [0.4, 0.5) is 11.6 Å². The summed E-state index contributed by atoms with van der Waals surface area (Å²) < 4.78 is 9.34. The van der Waals surface area contributed by atoms with Gasteiger partial charge in [-0.2, -0.15) is 10.1 Å². The van der Waals surface area contributed by atoms with Crippen molar-refractivity contribution in [2.45, 2.75) is 26.2 Å². The van der Waals surface area contributed by atoms with Crippen molar-refractivity contribution in [2.24, 2.45) is 13.0 Å². The van der Waals surface area contributed by atoms with Crippen molar-refractivity contribution in [3.05, 3.63) is 47.8 Å². The van der Waals surface area contributed by atoms with Crippen molar-refractivity contribution in [3.8, 4) is 0 Å². The zero-order chi connectivity index (χ0) is 19.1. The molecule has 0 amide bonds. The molecule has 7 nitrogen and oxygen atoms in total. The zero-order valence-corrected chi connectivity index (χ0v) is 16.2. The highest BCUT2D eigenvalue weighted by atomic mass is 16.5. The molecule has 28 heavy (non-hydrogen) atoms. The number of aryl methyl sites for hydroxylation is 2. The number of anilines is 2. The Morgan fingerprint density at radius 3 is 2.93 bits per heavy atom. The lowest BCUT2D eigenvalue weighted by molar-refractivity contribution is 0.0661. The lowest BCUT2D eigenvalue weighted by Crippen LogP contribution is -2.18. The zero-order valence-electron chi connectivity index (χ0n) is 16.2. The summed E-state index contributed by atoms with van der Waals surface area (Å²) in [6.07, 6.45) is 5.13. The van der Waals surface area contributed by atoms with E-state index in [1.165, 1.54) is 11.3 Å². The van der Waals surface area contributed by atoms with Crippen LogP contribution >= 0.6 is 0 Å². The van der Waals surface area contributed by atoms with E-state index in [0.29, 0.717) is 11.9 Å². The number of hydrogen-bond donors (Lipinski definition) is 1. The Balaban J connectivity index is 1.45. The molecule has 4 aromatic rings. The van der Waals surface area contributed by atoms with Gasteiger partial charge in [0, 0.05) is 37.0 Å². The lowest BCUT2D eigenvalue weighted by atomic mass is 9.95. The number of ether oxygens (including phenoxy) is 1. The summed E-state index contributed by atoms with van der Waals surface area (Å²) in [6, 6.07) is 10.4. The highest BCUT2D eigenvalue weighted by Gasteiger charge is 2.17. The van der Waals surface area contributed by atoms with Gasteiger partial charge >= 0.3 is 0 Å². The number of nitrogens with one attached hydrogen (secondary N) is 1. The van der Waals surface area contributed by atoms with E-state index in [1.54, 1.807) is 0 Å². The van der Waals surface area contributed by atoms with E-state index in [9.17, 15) is 0 Å². The average molecular weight is 376 g/mol. The van der Waals surface area contributed by atoms with E-state index in [1.807, 2.05) is 28.5 Å². The molecule has 0 unspecified atom stereocenters. The van der Waals surface area contributed by atoms with E-state index < -0.39 is 0 Å². The lowest BCUT2D eigenvalue weighted by Gasteiger charge is -2.21. The van der Waals surface area contributed by atoms with Gasteiger partial charge in [-0.3, -0.25) is 4.68 Å². The Labute approximate surface area is 163 Å². The summed E-state index contributed by atoms with van der Waals surface area (Å²) in [5.74, 6) is 1.26. The third-order valence-electron chi connectivity index (χ3n) is 5.61. The van der Waals surface area contributed by atoms with Crippen LogP contribution in [0.3, 0.4) is 0 Å². The third kappa shape index (κ3) is 3.11. The molecule has 0 saturated carbocycles. The van der Waals surface area contributed by atoms with Crippen LogP contribution in [0.2, 0.25) is 0 Å². The van der Waals surface area contributed by atoms with Crippen LogP contribution < -0.4 is 5.32 Å². The smallest absolute Gasteiger partial charge is 0.247 e. The van der Waals surface area contributed by atoms with Crippen LogP contribution in [-0.2, 0) is 18.2 Å². The molecule has 1 aromatic carbocycles. The molecule has 4 heterocycles. The molecule has 0 spiro atoms. The molecule has 144 valence electrons. The van der Waals surface area contributed by atoms with Crippen molar-refractivity contribution in [3.63, 3.8) is 0 Å². The quantitative estimate of drug-likeness (QED) is 0.589. The van der Waals surface area contributed by atoms with Crippen LogP contribution in [0.15, 0.2) is 36.5 Å². The number of pyridine rings is 1. The fraction of sp³-hybridized carbons (Fsp3) is 0.381. The summed E-state index contributed by atoms with van der Waals surface area (Å²) in [5, 5.41) is 13.6. The summed E-state index contributed by atoms with van der Waals surface area (Å²) in [4.78, 5) is 4.68. The Hall–Kier alpha value is -2.93. The van der Waals surface area contributed by atoms with Crippen molar-refractivity contribution >= 4 is 28.2 Å². The third-order valence-corrected chi connectivity index (χ3v) is 5.61. The van der Waals surface area contributed by atoms with Crippen LogP contribution in [0, 0.1) is 12.8 Å². The number of nitrogens with zero attached hydrogens (tertiary/aromatic N) is 5. The van der Waals surface area contributed by atoms with Gasteiger partial charge in [-0.05, 0) is 61.9 Å². The topological polar surface area (TPSA) is 69.3 Å². The van der Waals surface area contributed by atoms with E-state index in [0.717, 1.165) is 54.7 Å². The molecule has 1 fully saturated rings. The Kier molecular flexibility index (Phi) is 4.24. The molecule has 1 saturated heterocycles. The maximum atomic E-state index is 5.49. The molecule has 0 aliphatic carbocycles. The maximum Gasteiger partial charge on any atom is 0.247 e. The second kappa shape index (κ2) is 6.91. The van der Waals surface area contributed by atoms with Crippen molar-refractivity contribution < 1.29 is 4.74 Å². The first-order chi connectivity index (χ1) is 13.7. The van der Waals surface area contributed by atoms with E-state index in [-0.39, 0.29) is 0 Å². The highest BCUT2D eigenvalue weighted by Crippen LogP contribution is 2.25. The largest absolute Gasteiger partial charge is 0.381 e. The minimum Gasteiger partial charge on any atom is -0.381 e. The van der Waals surface area contributed by atoms with Gasteiger partial charge in [0.25, 0.3) is 0 Å². The molecular formula is C21H24N6O. The number of rotatable bonds is 4. The monoisotopic (exact) mass is 376 g/mol. The molecule has 0 radical (unpaired) electrons. The maximum absolute atomic E-state index is 5.49. The van der Waals surface area contributed by atoms with Gasteiger partial charge in [0.05, 0.1) is 11.7 Å². The second-order valence-electron chi connectivity index (χ2n) is 7.60. The van der Waals surface area contributed by atoms with Crippen molar-refractivity contribution in [1.82, 2.24) is 24.4 Å². The molecule has 0 bridgehead atoms. The van der Waals surface area contributed by atoms with Gasteiger partial charge in [-0.25, -0.2) is 4.52 Å². The highest BCUT2D eigenvalue weighted by molar-refractivity contribution is 5.86. The molecule has 1 N–H and O–H groups in total. The summed E-state index contributed by atoms with van der Waals surface area (Å²) >= 11 is 0. The van der Waals surface area contributed by atoms with Crippen LogP contribution in [0.5, 0.6) is 0 Å². The fourth-order valence-electron chi connectivity index (χ4n) is 4.04. The molecular weight excluding hydrogens is 352 g/mol. The minimum atomic E-state index is 0.611. The molecule has 0 atom stereocenters. The number of hydrogen-bond acceptors (Lipinski definition) is 5. The van der Waals surface area contributed by atoms with Gasteiger partial charge in [0.15, 0.2) is 5.65 Å². The predicted molar refractivity (Wildman–Crippen MR) is 109 cm³/mol. The number of benzene rings is 1. The Bertz CT molecular complexity index is 1140. The summed E-state index contributed by atoms with van der Waals surface area (Å²) in [5.41, 5.74) is 5.30. The van der Waals surface area contributed by atoms with Gasteiger partial charge in [0.1, 0.15) is 0 Å². The van der Waals surface area contributed by atoms with E-state index in [4.69, 9.17) is 9.84 Å². The first-order valence-corrected chi connectivity index (χ1v) is 9.79. The Morgan fingerprint density at radius 2 is 2.07 bits per heavy atom. The SMILES string of the molecule is Cc1cc(Nc2nc3cccc(CC4CCOCC4)n3n2)cc2c1cnn2C. The van der Waals surface area contributed by atoms with Crippen molar-refractivity contribution in [2.75, 3.05) is 18.5 Å². The molecule has 3 aromatic heterocycles. The predicted octanol–water partition coefficient (Wildman–Crippen LogP) is 3.64. The average Bonchev–Trinajstić information content (AvgIpc) is 3.27. The van der Waals surface area contributed by atoms with Crippen LogP contribution in [-0.4, -0.2) is 37.6 Å². The van der Waals surface area contributed by atoms with Gasteiger partial charge < -0.3 is 10.1 Å². The summed E-state index contributed by atoms with van der Waals surface area (Å²) in [6.45, 7) is 3.82. The second-order valence-corrected chi connectivity index (χ2v) is 7.60. The molecule has 1 aliphatic rings. The number of aromatic nitrogens is 5.